The van der Waals surface area contributed by atoms with Crippen LogP contribution in [0.5, 0.6) is 0 Å². The molecule has 32 heavy (non-hydrogen) atoms. The van der Waals surface area contributed by atoms with E-state index in [0.717, 1.165) is 31.2 Å². The summed E-state index contributed by atoms with van der Waals surface area (Å²) in [4.78, 5) is 12.9. The Kier molecular flexibility index (Phi) is 5.53. The first-order valence-electron chi connectivity index (χ1n) is 11.6. The van der Waals surface area contributed by atoms with E-state index in [-0.39, 0.29) is 18.0 Å². The van der Waals surface area contributed by atoms with E-state index in [2.05, 4.69) is 13.8 Å². The fourth-order valence-corrected chi connectivity index (χ4v) is 6.19. The first-order valence-corrected chi connectivity index (χ1v) is 11.6. The van der Waals surface area contributed by atoms with Crippen molar-refractivity contribution in [3.05, 3.63) is 53.1 Å². The molecule has 0 spiro atoms. The molecule has 4 aliphatic rings. The predicted molar refractivity (Wildman–Crippen MR) is 118 cm³/mol. The number of fused-ring (bicyclic) bond motifs is 4. The van der Waals surface area contributed by atoms with Gasteiger partial charge in [-0.25, -0.2) is 4.79 Å². The first-order chi connectivity index (χ1) is 15.4. The maximum Gasteiger partial charge on any atom is 0.331 e. The van der Waals surface area contributed by atoms with E-state index in [0.29, 0.717) is 12.3 Å². The van der Waals surface area contributed by atoms with Gasteiger partial charge in [0.25, 0.3) is 0 Å². The molecule has 1 saturated carbocycles. The molecule has 3 fully saturated rings. The lowest BCUT2D eigenvalue weighted by molar-refractivity contribution is -0.233. The average molecular weight is 441 g/mol. The van der Waals surface area contributed by atoms with Crippen molar-refractivity contribution in [2.75, 3.05) is 6.61 Å². The van der Waals surface area contributed by atoms with E-state index in [1.54, 1.807) is 6.08 Å². The molecular formula is C26H32O6. The zero-order valence-electron chi connectivity index (χ0n) is 18.7. The van der Waals surface area contributed by atoms with Crippen LogP contribution in [0.25, 0.3) is 6.08 Å². The molecule has 1 aromatic carbocycles. The van der Waals surface area contributed by atoms with Crippen LogP contribution in [0.1, 0.15) is 51.5 Å². The van der Waals surface area contributed by atoms with Crippen LogP contribution in [0.4, 0.5) is 0 Å². The Balaban J connectivity index is 1.47. The average Bonchev–Trinajstić information content (AvgIpc) is 3.52. The van der Waals surface area contributed by atoms with Gasteiger partial charge < -0.3 is 24.4 Å². The van der Waals surface area contributed by atoms with Crippen molar-refractivity contribution in [3.8, 4) is 0 Å². The molecular weight excluding hydrogens is 408 g/mol. The summed E-state index contributed by atoms with van der Waals surface area (Å²) < 4.78 is 18.9. The lowest BCUT2D eigenvalue weighted by Crippen LogP contribution is -2.57. The highest BCUT2D eigenvalue weighted by Gasteiger charge is 2.72. The van der Waals surface area contributed by atoms with Gasteiger partial charge in [-0.3, -0.25) is 0 Å². The lowest BCUT2D eigenvalue weighted by Gasteiger charge is -2.49. The smallest absolute Gasteiger partial charge is 0.331 e. The molecule has 2 saturated heterocycles. The number of aliphatic hydroxyl groups excluding tert-OH is 2. The van der Waals surface area contributed by atoms with Crippen molar-refractivity contribution in [3.63, 3.8) is 0 Å². The zero-order valence-corrected chi connectivity index (χ0v) is 18.7. The van der Waals surface area contributed by atoms with Crippen LogP contribution in [0, 0.1) is 11.8 Å². The van der Waals surface area contributed by atoms with Crippen LogP contribution in [0.3, 0.4) is 0 Å². The summed E-state index contributed by atoms with van der Waals surface area (Å²) in [6.07, 6.45) is 5.60. The van der Waals surface area contributed by atoms with Gasteiger partial charge in [-0.2, -0.15) is 0 Å². The van der Waals surface area contributed by atoms with Crippen molar-refractivity contribution in [1.82, 2.24) is 0 Å². The van der Waals surface area contributed by atoms with Crippen molar-refractivity contribution in [2.24, 2.45) is 11.8 Å². The quantitative estimate of drug-likeness (QED) is 0.293. The molecule has 0 aromatic heterocycles. The summed E-state index contributed by atoms with van der Waals surface area (Å²) in [6, 6.07) is 9.68. The largest absolute Gasteiger partial charge is 0.452 e. The highest BCUT2D eigenvalue weighted by molar-refractivity contribution is 5.87. The van der Waals surface area contributed by atoms with E-state index in [9.17, 15) is 15.0 Å². The monoisotopic (exact) mass is 440 g/mol. The molecule has 2 aliphatic heterocycles. The molecule has 1 unspecified atom stereocenters. The van der Waals surface area contributed by atoms with Gasteiger partial charge in [0.15, 0.2) is 12.4 Å². The topological polar surface area (TPSA) is 85.2 Å². The molecule has 6 heteroatoms. The van der Waals surface area contributed by atoms with Crippen LogP contribution in [-0.4, -0.2) is 52.5 Å². The fourth-order valence-electron chi connectivity index (χ4n) is 6.19. The molecule has 0 radical (unpaired) electrons. The van der Waals surface area contributed by atoms with E-state index in [1.165, 1.54) is 17.2 Å². The number of benzene rings is 1. The lowest BCUT2D eigenvalue weighted by atomic mass is 9.76. The summed E-state index contributed by atoms with van der Waals surface area (Å²) in [5.74, 6) is -0.0279. The van der Waals surface area contributed by atoms with Crippen LogP contribution < -0.4 is 0 Å². The van der Waals surface area contributed by atoms with Gasteiger partial charge in [-0.1, -0.05) is 35.9 Å². The summed E-state index contributed by atoms with van der Waals surface area (Å²) in [5, 5.41) is 19.4. The SMILES string of the molecule is CC1=C2[C@@H](CC1)[C@]1(C)O[C@@](C3CC3)(C[C@H]1OC(O)CO)[C@H]2OC(=O)/C=C/c1ccccc1. The van der Waals surface area contributed by atoms with Gasteiger partial charge in [-0.15, -0.1) is 0 Å². The van der Waals surface area contributed by atoms with Crippen LogP contribution in [0.2, 0.25) is 0 Å². The van der Waals surface area contributed by atoms with Crippen LogP contribution >= 0.6 is 0 Å². The number of carbonyl (C=O) groups is 1. The van der Waals surface area contributed by atoms with Gasteiger partial charge in [0.2, 0.25) is 0 Å². The molecule has 6 atom stereocenters. The molecule has 2 bridgehead atoms. The third-order valence-corrected chi connectivity index (χ3v) is 7.84. The van der Waals surface area contributed by atoms with E-state index < -0.39 is 30.2 Å². The Hall–Kier alpha value is -1.99. The fraction of sp³-hybridized carbons (Fsp3) is 0.577. The van der Waals surface area contributed by atoms with Gasteiger partial charge >= 0.3 is 5.97 Å². The van der Waals surface area contributed by atoms with E-state index >= 15 is 0 Å². The Morgan fingerprint density at radius 2 is 2.03 bits per heavy atom. The number of hydrogen-bond donors (Lipinski definition) is 2. The maximum absolute atomic E-state index is 12.9. The van der Waals surface area contributed by atoms with Crippen molar-refractivity contribution in [1.29, 1.82) is 0 Å². The van der Waals surface area contributed by atoms with Gasteiger partial charge in [0.1, 0.15) is 5.60 Å². The molecule has 2 N–H and O–H groups in total. The van der Waals surface area contributed by atoms with Gasteiger partial charge in [-0.05, 0) is 62.7 Å². The Labute approximate surface area is 188 Å². The normalized spacial score (nSPS) is 37.1. The molecule has 0 amide bonds. The highest BCUT2D eigenvalue weighted by Crippen LogP contribution is 2.65. The van der Waals surface area contributed by atoms with Gasteiger partial charge in [0, 0.05) is 18.4 Å². The summed E-state index contributed by atoms with van der Waals surface area (Å²) in [5.41, 5.74) is 2.12. The number of carbonyl (C=O) groups excluding carboxylic acids is 1. The molecule has 1 aromatic rings. The number of ether oxygens (including phenoxy) is 3. The van der Waals surface area contributed by atoms with Crippen molar-refractivity contribution in [2.45, 2.75) is 75.7 Å². The summed E-state index contributed by atoms with van der Waals surface area (Å²) in [6.45, 7) is 3.73. The second-order valence-corrected chi connectivity index (χ2v) is 9.87. The number of rotatable bonds is 7. The molecule has 6 nitrogen and oxygen atoms in total. The van der Waals surface area contributed by atoms with Crippen LogP contribution in [0.15, 0.2) is 47.6 Å². The highest BCUT2D eigenvalue weighted by atomic mass is 16.7. The number of aliphatic hydroxyl groups is 2. The number of allylic oxidation sites excluding steroid dienone is 1. The Morgan fingerprint density at radius 3 is 2.72 bits per heavy atom. The summed E-state index contributed by atoms with van der Waals surface area (Å²) >= 11 is 0. The van der Waals surface area contributed by atoms with E-state index in [1.807, 2.05) is 30.3 Å². The molecule has 2 heterocycles. The number of esters is 1. The minimum atomic E-state index is -1.25. The van der Waals surface area contributed by atoms with Crippen LogP contribution in [-0.2, 0) is 19.0 Å². The van der Waals surface area contributed by atoms with Crippen molar-refractivity contribution >= 4 is 12.0 Å². The summed E-state index contributed by atoms with van der Waals surface area (Å²) in [7, 11) is 0. The predicted octanol–water partition coefficient (Wildman–Crippen LogP) is 3.38. The zero-order chi connectivity index (χ0) is 22.5. The van der Waals surface area contributed by atoms with Crippen molar-refractivity contribution < 1.29 is 29.2 Å². The van der Waals surface area contributed by atoms with E-state index in [4.69, 9.17) is 14.2 Å². The second-order valence-electron chi connectivity index (χ2n) is 9.87. The number of hydrogen-bond acceptors (Lipinski definition) is 6. The minimum Gasteiger partial charge on any atom is -0.452 e. The third-order valence-electron chi connectivity index (χ3n) is 7.84. The third kappa shape index (κ3) is 3.54. The first kappa shape index (κ1) is 21.8. The Bertz CT molecular complexity index is 935. The minimum absolute atomic E-state index is 0.0590. The molecule has 172 valence electrons. The molecule has 2 aliphatic carbocycles. The van der Waals surface area contributed by atoms with Gasteiger partial charge in [0.05, 0.1) is 18.3 Å². The maximum atomic E-state index is 12.9. The standard InChI is InChI=1S/C26H32O6/c1-16-8-12-19-23(16)24(31-21(28)13-9-17-6-4-3-5-7-17)26(18-10-11-18)14-20(25(19,2)32-26)30-22(29)15-27/h3-7,9,13,18-20,22,24,27,29H,8,10-12,14-15H2,1-2H3/b13-9+/t19-,20-,22?,24+,25+,26-/m1/s1. The Morgan fingerprint density at radius 1 is 1.28 bits per heavy atom. The second kappa shape index (κ2) is 8.10. The molecule has 5 rings (SSSR count).